The van der Waals surface area contributed by atoms with E-state index >= 15 is 0 Å². The fourth-order valence-corrected chi connectivity index (χ4v) is 4.62. The molecule has 3 heterocycles. The van der Waals surface area contributed by atoms with E-state index in [-0.39, 0.29) is 18.0 Å². The molecule has 1 saturated heterocycles. The predicted molar refractivity (Wildman–Crippen MR) is 110 cm³/mol. The Bertz CT molecular complexity index is 987. The zero-order valence-electron chi connectivity index (χ0n) is 16.8. The van der Waals surface area contributed by atoms with E-state index in [1.165, 1.54) is 22.2 Å². The number of hydrogen-bond donors (Lipinski definition) is 1. The third-order valence-electron chi connectivity index (χ3n) is 4.83. The van der Waals surface area contributed by atoms with E-state index in [2.05, 4.69) is 27.1 Å². The number of fused-ring (bicyclic) bond motifs is 1. The highest BCUT2D eigenvalue weighted by atomic mass is 32.1. The van der Waals surface area contributed by atoms with Crippen LogP contribution in [0.3, 0.4) is 0 Å². The van der Waals surface area contributed by atoms with Crippen LogP contribution in [0.15, 0.2) is 36.7 Å². The molecule has 0 aliphatic carbocycles. The molecule has 1 N–H and O–H groups in total. The van der Waals surface area contributed by atoms with Gasteiger partial charge in [0.25, 0.3) is 0 Å². The fourth-order valence-electron chi connectivity index (χ4n) is 3.52. The summed E-state index contributed by atoms with van der Waals surface area (Å²) >= 11 is 1.43. The molecule has 8 nitrogen and oxygen atoms in total. The quantitative estimate of drug-likeness (QED) is 0.708. The molecule has 0 saturated carbocycles. The minimum atomic E-state index is -0.509. The first kappa shape index (κ1) is 19.7. The zero-order valence-corrected chi connectivity index (χ0v) is 17.6. The smallest absolute Gasteiger partial charge is 0.410 e. The van der Waals surface area contributed by atoms with Crippen molar-refractivity contribution < 1.29 is 14.6 Å². The number of nitrogens with zero attached hydrogens (tertiary/aromatic N) is 5. The summed E-state index contributed by atoms with van der Waals surface area (Å²) in [7, 11) is 0. The molecule has 2 aromatic heterocycles. The van der Waals surface area contributed by atoms with Crippen molar-refractivity contribution in [2.24, 2.45) is 0 Å². The molecule has 9 heteroatoms. The molecule has 1 amide bonds. The van der Waals surface area contributed by atoms with Crippen molar-refractivity contribution in [1.82, 2.24) is 24.4 Å². The van der Waals surface area contributed by atoms with Crippen LogP contribution in [-0.4, -0.2) is 67.4 Å². The number of aromatic nitrogens is 3. The Labute approximate surface area is 173 Å². The van der Waals surface area contributed by atoms with Crippen LogP contribution in [0.4, 0.5) is 4.79 Å². The van der Waals surface area contributed by atoms with Crippen molar-refractivity contribution in [1.29, 1.82) is 0 Å². The Morgan fingerprint density at radius 2 is 1.86 bits per heavy atom. The first-order valence-corrected chi connectivity index (χ1v) is 10.4. The standard InChI is InChI=1S/C20H25N5O3S/c1-20(2,3)28-19(27)24-11-9-23(10-12-24)15(14-7-5-4-6-8-14)16-17(26)25-18(29-16)21-13-22-25/h4-8,13,15,26H,9-12H2,1-3H3/t15-/m1/s1. The molecule has 1 fully saturated rings. The number of benzene rings is 1. The molecule has 1 aliphatic rings. The highest BCUT2D eigenvalue weighted by Gasteiger charge is 2.33. The van der Waals surface area contributed by atoms with E-state index in [9.17, 15) is 9.90 Å². The lowest BCUT2D eigenvalue weighted by molar-refractivity contribution is 0.0119. The zero-order chi connectivity index (χ0) is 20.6. The monoisotopic (exact) mass is 415 g/mol. The molecule has 3 aromatic rings. The Morgan fingerprint density at radius 1 is 1.17 bits per heavy atom. The highest BCUT2D eigenvalue weighted by molar-refractivity contribution is 7.17. The summed E-state index contributed by atoms with van der Waals surface area (Å²) in [6.45, 7) is 8.10. The van der Waals surface area contributed by atoms with Crippen molar-refractivity contribution >= 4 is 22.4 Å². The average Bonchev–Trinajstić information content (AvgIpc) is 3.26. The summed E-state index contributed by atoms with van der Waals surface area (Å²) in [6.07, 6.45) is 1.15. The van der Waals surface area contributed by atoms with Crippen LogP contribution in [-0.2, 0) is 4.74 Å². The number of amides is 1. The topological polar surface area (TPSA) is 83.2 Å². The van der Waals surface area contributed by atoms with Crippen LogP contribution in [0, 0.1) is 0 Å². The number of hydrogen-bond acceptors (Lipinski definition) is 7. The van der Waals surface area contributed by atoms with Gasteiger partial charge in [0.15, 0.2) is 0 Å². The van der Waals surface area contributed by atoms with Crippen LogP contribution < -0.4 is 0 Å². The van der Waals surface area contributed by atoms with Crippen molar-refractivity contribution in [3.05, 3.63) is 47.1 Å². The average molecular weight is 416 g/mol. The second-order valence-electron chi connectivity index (χ2n) is 8.06. The lowest BCUT2D eigenvalue weighted by Crippen LogP contribution is -2.50. The van der Waals surface area contributed by atoms with E-state index in [0.29, 0.717) is 31.1 Å². The van der Waals surface area contributed by atoms with E-state index in [4.69, 9.17) is 4.74 Å². The largest absolute Gasteiger partial charge is 0.492 e. The van der Waals surface area contributed by atoms with Crippen molar-refractivity contribution in [2.45, 2.75) is 32.4 Å². The van der Waals surface area contributed by atoms with Crippen molar-refractivity contribution in [2.75, 3.05) is 26.2 Å². The minimum absolute atomic E-state index is 0.117. The van der Waals surface area contributed by atoms with Crippen molar-refractivity contribution in [3.63, 3.8) is 0 Å². The number of rotatable bonds is 3. The maximum atomic E-state index is 12.4. The molecule has 0 bridgehead atoms. The molecule has 1 atom stereocenters. The molecule has 1 aliphatic heterocycles. The van der Waals surface area contributed by atoms with Crippen molar-refractivity contribution in [3.8, 4) is 5.88 Å². The number of thiazole rings is 1. The Morgan fingerprint density at radius 3 is 2.48 bits per heavy atom. The molecular weight excluding hydrogens is 390 g/mol. The summed E-state index contributed by atoms with van der Waals surface area (Å²) < 4.78 is 6.97. The van der Waals surface area contributed by atoms with Crippen LogP contribution in [0.25, 0.3) is 4.96 Å². The van der Waals surface area contributed by atoms with Gasteiger partial charge >= 0.3 is 6.09 Å². The third-order valence-corrected chi connectivity index (χ3v) is 5.92. The Balaban J connectivity index is 1.58. The SMILES string of the molecule is CC(C)(C)OC(=O)N1CCN([C@H](c2ccccc2)c2sc3ncnn3c2O)CC1. The van der Waals surface area contributed by atoms with Gasteiger partial charge in [-0.05, 0) is 26.3 Å². The molecule has 154 valence electrons. The first-order chi connectivity index (χ1) is 13.8. The minimum Gasteiger partial charge on any atom is -0.492 e. The predicted octanol–water partition coefficient (Wildman–Crippen LogP) is 3.14. The van der Waals surface area contributed by atoms with Gasteiger partial charge in [-0.15, -0.1) is 0 Å². The van der Waals surface area contributed by atoms with E-state index in [1.54, 1.807) is 4.90 Å². The van der Waals surface area contributed by atoms with Crippen LogP contribution in [0.1, 0.15) is 37.3 Å². The summed E-state index contributed by atoms with van der Waals surface area (Å²) in [5, 5.41) is 14.9. The lowest BCUT2D eigenvalue weighted by Gasteiger charge is -2.39. The molecule has 0 unspecified atom stereocenters. The second kappa shape index (κ2) is 7.64. The second-order valence-corrected chi connectivity index (χ2v) is 9.07. The number of piperazine rings is 1. The van der Waals surface area contributed by atoms with Crippen LogP contribution >= 0.6 is 11.3 Å². The maximum absolute atomic E-state index is 12.4. The van der Waals surface area contributed by atoms with Gasteiger partial charge < -0.3 is 14.7 Å². The summed E-state index contributed by atoms with van der Waals surface area (Å²) in [5.41, 5.74) is 0.573. The lowest BCUT2D eigenvalue weighted by atomic mass is 10.0. The molecular formula is C20H25N5O3S. The maximum Gasteiger partial charge on any atom is 0.410 e. The Hall–Kier alpha value is -2.65. The van der Waals surface area contributed by atoms with E-state index in [0.717, 1.165) is 10.4 Å². The van der Waals surface area contributed by atoms with Gasteiger partial charge in [0.2, 0.25) is 10.8 Å². The van der Waals surface area contributed by atoms with Gasteiger partial charge in [-0.25, -0.2) is 9.78 Å². The highest BCUT2D eigenvalue weighted by Crippen LogP contribution is 2.39. The Kier molecular flexibility index (Phi) is 5.18. The molecule has 1 aromatic carbocycles. The first-order valence-electron chi connectivity index (χ1n) is 9.62. The normalized spacial score (nSPS) is 16.9. The van der Waals surface area contributed by atoms with Gasteiger partial charge in [0, 0.05) is 26.2 Å². The number of aromatic hydroxyl groups is 1. The molecule has 0 spiro atoms. The van der Waals surface area contributed by atoms with Crippen LogP contribution in [0.2, 0.25) is 0 Å². The van der Waals surface area contributed by atoms with Gasteiger partial charge in [-0.3, -0.25) is 4.90 Å². The van der Waals surface area contributed by atoms with Gasteiger partial charge in [-0.2, -0.15) is 9.61 Å². The summed E-state index contributed by atoms with van der Waals surface area (Å²) in [4.78, 5) is 22.1. The number of carbonyl (C=O) groups excluding carboxylic acids is 1. The summed E-state index contributed by atoms with van der Waals surface area (Å²) in [6, 6.07) is 9.94. The van der Waals surface area contributed by atoms with Crippen LogP contribution in [0.5, 0.6) is 5.88 Å². The van der Waals surface area contributed by atoms with E-state index < -0.39 is 5.60 Å². The van der Waals surface area contributed by atoms with E-state index in [1.807, 2.05) is 39.0 Å². The van der Waals surface area contributed by atoms with Gasteiger partial charge in [0.1, 0.15) is 11.9 Å². The summed E-state index contributed by atoms with van der Waals surface area (Å²) in [5.74, 6) is 0.117. The van der Waals surface area contributed by atoms with Gasteiger partial charge in [0.05, 0.1) is 10.9 Å². The third kappa shape index (κ3) is 4.06. The molecule has 4 rings (SSSR count). The van der Waals surface area contributed by atoms with Gasteiger partial charge in [-0.1, -0.05) is 41.7 Å². The number of carbonyl (C=O) groups is 1. The number of ether oxygens (including phenoxy) is 1. The molecule has 0 radical (unpaired) electrons. The molecule has 29 heavy (non-hydrogen) atoms. The fraction of sp³-hybridized carbons (Fsp3) is 0.450.